The summed E-state index contributed by atoms with van der Waals surface area (Å²) in [6.45, 7) is 5.90. The minimum Gasteiger partial charge on any atom is -0.322 e. The van der Waals surface area contributed by atoms with Gasteiger partial charge in [-0.1, -0.05) is 48.9 Å². The molecular formula is C19H23FN2O. The van der Waals surface area contributed by atoms with Crippen molar-refractivity contribution < 1.29 is 9.18 Å². The standard InChI is InChI=1S/C19H23FN2O/c1-4-17(15-11-9-13(2)10-12-15)21-14(3)19(23)22-18-8-6-5-7-16(18)20/h5-12,14,17,21H,4H2,1-3H3,(H,22,23)/t14-,17+/m1/s1. The zero-order valence-corrected chi connectivity index (χ0v) is 13.8. The van der Waals surface area contributed by atoms with E-state index in [9.17, 15) is 9.18 Å². The quantitative estimate of drug-likeness (QED) is 0.839. The molecular weight excluding hydrogens is 291 g/mol. The summed E-state index contributed by atoms with van der Waals surface area (Å²) in [5.74, 6) is -0.681. The Kier molecular flexibility index (Phi) is 5.88. The molecule has 0 aromatic heterocycles. The lowest BCUT2D eigenvalue weighted by atomic mass is 10.0. The van der Waals surface area contributed by atoms with E-state index in [1.54, 1.807) is 25.1 Å². The molecule has 0 unspecified atom stereocenters. The Morgan fingerprint density at radius 1 is 1.13 bits per heavy atom. The molecule has 0 saturated heterocycles. The molecule has 2 aromatic carbocycles. The molecule has 0 fully saturated rings. The molecule has 0 aliphatic carbocycles. The van der Waals surface area contributed by atoms with Gasteiger partial charge in [-0.25, -0.2) is 4.39 Å². The lowest BCUT2D eigenvalue weighted by molar-refractivity contribution is -0.118. The molecule has 0 radical (unpaired) electrons. The number of aryl methyl sites for hydroxylation is 1. The number of benzene rings is 2. The largest absolute Gasteiger partial charge is 0.322 e. The summed E-state index contributed by atoms with van der Waals surface area (Å²) >= 11 is 0. The van der Waals surface area contributed by atoms with Crippen molar-refractivity contribution in [2.24, 2.45) is 0 Å². The lowest BCUT2D eigenvalue weighted by Gasteiger charge is -2.22. The molecule has 2 rings (SSSR count). The second-order valence-electron chi connectivity index (χ2n) is 5.73. The third-order valence-electron chi connectivity index (χ3n) is 3.86. The van der Waals surface area contributed by atoms with Gasteiger partial charge in [-0.05, 0) is 38.0 Å². The summed E-state index contributed by atoms with van der Waals surface area (Å²) in [7, 11) is 0. The highest BCUT2D eigenvalue weighted by Crippen LogP contribution is 2.18. The maximum atomic E-state index is 13.6. The Labute approximate surface area is 136 Å². The maximum Gasteiger partial charge on any atom is 0.241 e. The van der Waals surface area contributed by atoms with E-state index in [1.807, 2.05) is 6.92 Å². The monoisotopic (exact) mass is 314 g/mol. The summed E-state index contributed by atoms with van der Waals surface area (Å²) in [6, 6.07) is 14.1. The van der Waals surface area contributed by atoms with Gasteiger partial charge in [-0.3, -0.25) is 10.1 Å². The van der Waals surface area contributed by atoms with Crippen LogP contribution in [-0.2, 0) is 4.79 Å². The Balaban J connectivity index is 2.01. The van der Waals surface area contributed by atoms with Crippen LogP contribution in [-0.4, -0.2) is 11.9 Å². The fraction of sp³-hybridized carbons (Fsp3) is 0.316. The van der Waals surface area contributed by atoms with Gasteiger partial charge >= 0.3 is 0 Å². The van der Waals surface area contributed by atoms with Crippen molar-refractivity contribution in [2.45, 2.75) is 39.3 Å². The van der Waals surface area contributed by atoms with Gasteiger partial charge in [-0.2, -0.15) is 0 Å². The van der Waals surface area contributed by atoms with Crippen molar-refractivity contribution >= 4 is 11.6 Å². The zero-order valence-electron chi connectivity index (χ0n) is 13.8. The highest BCUT2D eigenvalue weighted by Gasteiger charge is 2.19. The van der Waals surface area contributed by atoms with Crippen LogP contribution in [0.25, 0.3) is 0 Å². The maximum absolute atomic E-state index is 13.6. The van der Waals surface area contributed by atoms with E-state index in [-0.39, 0.29) is 17.6 Å². The Morgan fingerprint density at radius 2 is 1.78 bits per heavy atom. The molecule has 2 atom stereocenters. The number of halogens is 1. The van der Waals surface area contributed by atoms with Crippen molar-refractivity contribution in [3.8, 4) is 0 Å². The number of rotatable bonds is 6. The molecule has 2 N–H and O–H groups in total. The van der Waals surface area contributed by atoms with Gasteiger partial charge in [0.1, 0.15) is 5.82 Å². The number of hydrogen-bond acceptors (Lipinski definition) is 2. The molecule has 0 aliphatic heterocycles. The van der Waals surface area contributed by atoms with Crippen molar-refractivity contribution in [1.82, 2.24) is 5.32 Å². The summed E-state index contributed by atoms with van der Waals surface area (Å²) in [5.41, 5.74) is 2.55. The molecule has 23 heavy (non-hydrogen) atoms. The number of nitrogens with one attached hydrogen (secondary N) is 2. The Hall–Kier alpha value is -2.20. The Bertz CT molecular complexity index is 655. The molecule has 122 valence electrons. The molecule has 0 saturated carbocycles. The van der Waals surface area contributed by atoms with Gasteiger partial charge in [0.05, 0.1) is 11.7 Å². The van der Waals surface area contributed by atoms with Gasteiger partial charge in [0, 0.05) is 6.04 Å². The van der Waals surface area contributed by atoms with Gasteiger partial charge in [0.25, 0.3) is 0 Å². The van der Waals surface area contributed by atoms with E-state index in [4.69, 9.17) is 0 Å². The third kappa shape index (κ3) is 4.63. The van der Waals surface area contributed by atoms with E-state index < -0.39 is 11.9 Å². The van der Waals surface area contributed by atoms with Gasteiger partial charge in [0.15, 0.2) is 0 Å². The number of hydrogen-bond donors (Lipinski definition) is 2. The van der Waals surface area contributed by atoms with Crippen LogP contribution in [0.2, 0.25) is 0 Å². The minimum absolute atomic E-state index is 0.0805. The zero-order chi connectivity index (χ0) is 16.8. The summed E-state index contributed by atoms with van der Waals surface area (Å²) in [6.07, 6.45) is 0.861. The topological polar surface area (TPSA) is 41.1 Å². The Morgan fingerprint density at radius 3 is 2.39 bits per heavy atom. The fourth-order valence-corrected chi connectivity index (χ4v) is 2.43. The van der Waals surface area contributed by atoms with E-state index in [0.29, 0.717) is 0 Å². The molecule has 3 nitrogen and oxygen atoms in total. The van der Waals surface area contributed by atoms with E-state index in [0.717, 1.165) is 12.0 Å². The lowest BCUT2D eigenvalue weighted by Crippen LogP contribution is -2.40. The SMILES string of the molecule is CC[C@H](N[C@H](C)C(=O)Nc1ccccc1F)c1ccc(C)cc1. The molecule has 0 bridgehead atoms. The molecule has 0 heterocycles. The van der Waals surface area contributed by atoms with Crippen molar-refractivity contribution in [2.75, 3.05) is 5.32 Å². The summed E-state index contributed by atoms with van der Waals surface area (Å²) in [4.78, 5) is 12.3. The average Bonchev–Trinajstić information content (AvgIpc) is 2.55. The van der Waals surface area contributed by atoms with Gasteiger partial charge in [-0.15, -0.1) is 0 Å². The van der Waals surface area contributed by atoms with Gasteiger partial charge < -0.3 is 5.32 Å². The normalized spacial score (nSPS) is 13.4. The van der Waals surface area contributed by atoms with Crippen molar-refractivity contribution in [3.63, 3.8) is 0 Å². The highest BCUT2D eigenvalue weighted by molar-refractivity contribution is 5.94. The predicted octanol–water partition coefficient (Wildman–Crippen LogP) is 4.20. The van der Waals surface area contributed by atoms with Crippen LogP contribution in [0.1, 0.15) is 37.4 Å². The van der Waals surface area contributed by atoms with Crippen LogP contribution in [0.4, 0.5) is 10.1 Å². The minimum atomic E-state index is -0.432. The number of para-hydroxylation sites is 1. The number of carbonyl (C=O) groups is 1. The number of amides is 1. The highest BCUT2D eigenvalue weighted by atomic mass is 19.1. The van der Waals surface area contributed by atoms with Crippen LogP contribution < -0.4 is 10.6 Å². The first-order valence-corrected chi connectivity index (χ1v) is 7.89. The third-order valence-corrected chi connectivity index (χ3v) is 3.86. The van der Waals surface area contributed by atoms with Crippen LogP contribution in [0.15, 0.2) is 48.5 Å². The molecule has 0 spiro atoms. The van der Waals surface area contributed by atoms with E-state index in [1.165, 1.54) is 11.6 Å². The van der Waals surface area contributed by atoms with Crippen LogP contribution in [0.5, 0.6) is 0 Å². The predicted molar refractivity (Wildman–Crippen MR) is 91.8 cm³/mol. The van der Waals surface area contributed by atoms with Crippen LogP contribution in [0.3, 0.4) is 0 Å². The fourth-order valence-electron chi connectivity index (χ4n) is 2.43. The summed E-state index contributed by atoms with van der Waals surface area (Å²) in [5, 5.41) is 5.93. The average molecular weight is 314 g/mol. The van der Waals surface area contributed by atoms with Gasteiger partial charge in [0.2, 0.25) is 5.91 Å². The number of anilines is 1. The first kappa shape index (κ1) is 17.2. The van der Waals surface area contributed by atoms with Crippen LogP contribution >= 0.6 is 0 Å². The second kappa shape index (κ2) is 7.88. The molecule has 4 heteroatoms. The molecule has 1 amide bonds. The molecule has 0 aliphatic rings. The van der Waals surface area contributed by atoms with Crippen molar-refractivity contribution in [3.05, 3.63) is 65.5 Å². The first-order chi connectivity index (χ1) is 11.0. The molecule has 2 aromatic rings. The number of carbonyl (C=O) groups excluding carboxylic acids is 1. The summed E-state index contributed by atoms with van der Waals surface area (Å²) < 4.78 is 13.6. The first-order valence-electron chi connectivity index (χ1n) is 7.89. The van der Waals surface area contributed by atoms with E-state index in [2.05, 4.69) is 41.8 Å². The van der Waals surface area contributed by atoms with Crippen LogP contribution in [0, 0.1) is 12.7 Å². The van der Waals surface area contributed by atoms with Crippen molar-refractivity contribution in [1.29, 1.82) is 0 Å². The smallest absolute Gasteiger partial charge is 0.241 e. The second-order valence-corrected chi connectivity index (χ2v) is 5.73. The van der Waals surface area contributed by atoms with E-state index >= 15 is 0 Å².